The first-order valence-corrected chi connectivity index (χ1v) is 6.55. The van der Waals surface area contributed by atoms with Crippen molar-refractivity contribution in [2.45, 2.75) is 25.8 Å². The maximum atomic E-state index is 12.1. The Morgan fingerprint density at radius 3 is 2.78 bits per heavy atom. The topological polar surface area (TPSA) is 45.2 Å². The van der Waals surface area contributed by atoms with E-state index in [9.17, 15) is 4.79 Å². The number of aryl methyl sites for hydroxylation is 1. The second-order valence-electron chi connectivity index (χ2n) is 4.86. The highest BCUT2D eigenvalue weighted by Gasteiger charge is 2.20. The van der Waals surface area contributed by atoms with E-state index in [1.54, 1.807) is 12.3 Å². The van der Waals surface area contributed by atoms with Crippen LogP contribution in [0.15, 0.2) is 12.3 Å². The Kier molecular flexibility index (Phi) is 4.19. The van der Waals surface area contributed by atoms with Gasteiger partial charge >= 0.3 is 0 Å². The molecule has 4 nitrogen and oxygen atoms in total. The van der Waals surface area contributed by atoms with Crippen LogP contribution >= 0.6 is 11.6 Å². The van der Waals surface area contributed by atoms with Crippen LogP contribution < -0.4 is 5.32 Å². The highest BCUT2D eigenvalue weighted by molar-refractivity contribution is 6.33. The van der Waals surface area contributed by atoms with Gasteiger partial charge in [0.05, 0.1) is 10.6 Å². The van der Waals surface area contributed by atoms with Crippen LogP contribution in [0.5, 0.6) is 0 Å². The number of hydrogen-bond acceptors (Lipinski definition) is 3. The van der Waals surface area contributed by atoms with Crippen LogP contribution in [0, 0.1) is 6.92 Å². The number of carbonyl (C=O) groups is 1. The van der Waals surface area contributed by atoms with Crippen LogP contribution in [0.4, 0.5) is 0 Å². The molecule has 1 aliphatic rings. The minimum Gasteiger partial charge on any atom is -0.349 e. The Bertz CT molecular complexity index is 442. The summed E-state index contributed by atoms with van der Waals surface area (Å²) in [7, 11) is 2.10. The van der Waals surface area contributed by atoms with Crippen molar-refractivity contribution in [1.29, 1.82) is 0 Å². The molecule has 0 atom stereocenters. The SMILES string of the molecule is Cc1cc(Cl)c(C(=O)NC2CCN(C)CC2)cn1. The van der Waals surface area contributed by atoms with E-state index in [1.807, 2.05) is 6.92 Å². The van der Waals surface area contributed by atoms with E-state index in [4.69, 9.17) is 11.6 Å². The summed E-state index contributed by atoms with van der Waals surface area (Å²) in [5, 5.41) is 3.49. The molecule has 98 valence electrons. The van der Waals surface area contributed by atoms with Crippen LogP contribution in [-0.4, -0.2) is 42.0 Å². The second kappa shape index (κ2) is 5.67. The Labute approximate surface area is 112 Å². The number of hydrogen-bond donors (Lipinski definition) is 1. The number of aromatic nitrogens is 1. The molecule has 2 rings (SSSR count). The maximum absolute atomic E-state index is 12.1. The highest BCUT2D eigenvalue weighted by atomic mass is 35.5. The smallest absolute Gasteiger partial charge is 0.254 e. The fraction of sp³-hybridized carbons (Fsp3) is 0.538. The summed E-state index contributed by atoms with van der Waals surface area (Å²) in [5.41, 5.74) is 1.28. The van der Waals surface area contributed by atoms with Crippen molar-refractivity contribution >= 4 is 17.5 Å². The van der Waals surface area contributed by atoms with Crippen molar-refractivity contribution in [3.63, 3.8) is 0 Å². The van der Waals surface area contributed by atoms with Gasteiger partial charge in [0.15, 0.2) is 0 Å². The molecule has 0 bridgehead atoms. The molecule has 18 heavy (non-hydrogen) atoms. The van der Waals surface area contributed by atoms with Gasteiger partial charge in [-0.05, 0) is 46.0 Å². The molecule has 1 amide bonds. The fourth-order valence-corrected chi connectivity index (χ4v) is 2.40. The lowest BCUT2D eigenvalue weighted by molar-refractivity contribution is 0.0916. The first-order chi connectivity index (χ1) is 8.56. The van der Waals surface area contributed by atoms with E-state index in [1.165, 1.54) is 0 Å². The Hall–Kier alpha value is -1.13. The average molecular weight is 268 g/mol. The van der Waals surface area contributed by atoms with Gasteiger partial charge in [-0.1, -0.05) is 11.6 Å². The second-order valence-corrected chi connectivity index (χ2v) is 5.26. The lowest BCUT2D eigenvalue weighted by Gasteiger charge is -2.29. The molecule has 0 aromatic carbocycles. The van der Waals surface area contributed by atoms with E-state index in [0.717, 1.165) is 31.6 Å². The van der Waals surface area contributed by atoms with E-state index < -0.39 is 0 Å². The first-order valence-electron chi connectivity index (χ1n) is 6.18. The van der Waals surface area contributed by atoms with Crippen molar-refractivity contribution in [2.75, 3.05) is 20.1 Å². The number of piperidine rings is 1. The van der Waals surface area contributed by atoms with Crippen molar-refractivity contribution < 1.29 is 4.79 Å². The third-order valence-corrected chi connectivity index (χ3v) is 3.60. The lowest BCUT2D eigenvalue weighted by Crippen LogP contribution is -2.43. The summed E-state index contributed by atoms with van der Waals surface area (Å²) in [6.45, 7) is 3.89. The minimum atomic E-state index is -0.123. The molecule has 1 aliphatic heterocycles. The number of pyridine rings is 1. The zero-order valence-corrected chi connectivity index (χ0v) is 11.5. The summed E-state index contributed by atoms with van der Waals surface area (Å²) in [4.78, 5) is 18.5. The number of carbonyl (C=O) groups excluding carboxylic acids is 1. The van der Waals surface area contributed by atoms with Gasteiger partial charge in [0, 0.05) is 17.9 Å². The number of rotatable bonds is 2. The molecule has 1 N–H and O–H groups in total. The van der Waals surface area contributed by atoms with Crippen molar-refractivity contribution in [2.24, 2.45) is 0 Å². The fourth-order valence-electron chi connectivity index (χ4n) is 2.11. The van der Waals surface area contributed by atoms with Crippen LogP contribution in [0.1, 0.15) is 28.9 Å². The van der Waals surface area contributed by atoms with Gasteiger partial charge in [0.1, 0.15) is 0 Å². The molecule has 0 saturated carbocycles. The molecule has 0 unspecified atom stereocenters. The Balaban J connectivity index is 1.99. The van der Waals surface area contributed by atoms with Gasteiger partial charge < -0.3 is 10.2 Å². The highest BCUT2D eigenvalue weighted by Crippen LogP contribution is 2.16. The molecule has 1 aromatic heterocycles. The molecule has 2 heterocycles. The molecular formula is C13H18ClN3O. The molecule has 1 saturated heterocycles. The number of likely N-dealkylation sites (tertiary alicyclic amines) is 1. The summed E-state index contributed by atoms with van der Waals surface area (Å²) >= 11 is 6.06. The third kappa shape index (κ3) is 3.21. The van der Waals surface area contributed by atoms with Gasteiger partial charge in [-0.3, -0.25) is 9.78 Å². The summed E-state index contributed by atoms with van der Waals surface area (Å²) in [5.74, 6) is -0.123. The quantitative estimate of drug-likeness (QED) is 0.890. The largest absolute Gasteiger partial charge is 0.349 e. The molecule has 0 spiro atoms. The molecule has 1 aromatic rings. The standard InChI is InChI=1S/C13H18ClN3O/c1-9-7-12(14)11(8-15-9)13(18)16-10-3-5-17(2)6-4-10/h7-8,10H,3-6H2,1-2H3,(H,16,18). The van der Waals surface area contributed by atoms with Crippen LogP contribution in [0.2, 0.25) is 5.02 Å². The maximum Gasteiger partial charge on any atom is 0.254 e. The summed E-state index contributed by atoms with van der Waals surface area (Å²) in [6.07, 6.45) is 3.51. The van der Waals surface area contributed by atoms with Crippen LogP contribution in [0.25, 0.3) is 0 Å². The lowest BCUT2D eigenvalue weighted by atomic mass is 10.1. The summed E-state index contributed by atoms with van der Waals surface area (Å²) in [6, 6.07) is 1.96. The molecule has 0 radical (unpaired) electrons. The number of nitrogens with one attached hydrogen (secondary N) is 1. The normalized spacial score (nSPS) is 17.7. The number of nitrogens with zero attached hydrogens (tertiary/aromatic N) is 2. The predicted octanol–water partition coefficient (Wildman–Crippen LogP) is 1.87. The molecule has 0 aliphatic carbocycles. The van der Waals surface area contributed by atoms with Gasteiger partial charge in [0.25, 0.3) is 5.91 Å². The van der Waals surface area contributed by atoms with E-state index in [2.05, 4.69) is 22.2 Å². The van der Waals surface area contributed by atoms with Crippen molar-refractivity contribution in [3.05, 3.63) is 28.5 Å². The van der Waals surface area contributed by atoms with E-state index in [-0.39, 0.29) is 11.9 Å². The predicted molar refractivity (Wildman–Crippen MR) is 72.0 cm³/mol. The number of amides is 1. The first kappa shape index (κ1) is 13.3. The van der Waals surface area contributed by atoms with Crippen LogP contribution in [0.3, 0.4) is 0 Å². The average Bonchev–Trinajstić information content (AvgIpc) is 2.32. The molecule has 1 fully saturated rings. The molecular weight excluding hydrogens is 250 g/mol. The molecule has 5 heteroatoms. The monoisotopic (exact) mass is 267 g/mol. The van der Waals surface area contributed by atoms with Crippen molar-refractivity contribution in [1.82, 2.24) is 15.2 Å². The van der Waals surface area contributed by atoms with Gasteiger partial charge in [0.2, 0.25) is 0 Å². The van der Waals surface area contributed by atoms with Crippen LogP contribution in [-0.2, 0) is 0 Å². The van der Waals surface area contributed by atoms with Gasteiger partial charge in [-0.2, -0.15) is 0 Å². The summed E-state index contributed by atoms with van der Waals surface area (Å²) < 4.78 is 0. The Morgan fingerprint density at radius 1 is 1.50 bits per heavy atom. The number of halogens is 1. The minimum absolute atomic E-state index is 0.123. The van der Waals surface area contributed by atoms with E-state index in [0.29, 0.717) is 10.6 Å². The zero-order chi connectivity index (χ0) is 13.1. The zero-order valence-electron chi connectivity index (χ0n) is 10.7. The van der Waals surface area contributed by atoms with Gasteiger partial charge in [-0.25, -0.2) is 0 Å². The van der Waals surface area contributed by atoms with Gasteiger partial charge in [-0.15, -0.1) is 0 Å². The Morgan fingerprint density at radius 2 is 2.17 bits per heavy atom. The van der Waals surface area contributed by atoms with E-state index >= 15 is 0 Å². The van der Waals surface area contributed by atoms with Crippen molar-refractivity contribution in [3.8, 4) is 0 Å². The third-order valence-electron chi connectivity index (χ3n) is 3.29.